The highest BCUT2D eigenvalue weighted by molar-refractivity contribution is 5.95. The van der Waals surface area contributed by atoms with Crippen LogP contribution in [0.15, 0.2) is 71.5 Å². The Morgan fingerprint density at radius 2 is 2.00 bits per heavy atom. The summed E-state index contributed by atoms with van der Waals surface area (Å²) < 4.78 is 54.5. The molecular weight excluding hydrogens is 435 g/mol. The number of fused-ring (bicyclic) bond motifs is 1. The number of hydrogen-bond donors (Lipinski definition) is 0. The third kappa shape index (κ3) is 4.13. The summed E-state index contributed by atoms with van der Waals surface area (Å²) in [4.78, 5) is 22.5. The van der Waals surface area contributed by atoms with Gasteiger partial charge in [0.05, 0.1) is 23.8 Å². The lowest BCUT2D eigenvalue weighted by molar-refractivity contribution is -0.131. The predicted molar refractivity (Wildman–Crippen MR) is 114 cm³/mol. The van der Waals surface area contributed by atoms with Crippen molar-refractivity contribution in [2.24, 2.45) is 0 Å². The third-order valence-corrected chi connectivity index (χ3v) is 5.57. The number of alkyl halides is 2. The van der Waals surface area contributed by atoms with E-state index < -0.39 is 36.7 Å². The van der Waals surface area contributed by atoms with E-state index in [4.69, 9.17) is 9.15 Å². The summed E-state index contributed by atoms with van der Waals surface area (Å²) in [7, 11) is 0. The molecule has 1 saturated heterocycles. The topological polar surface area (TPSA) is 68.5 Å². The number of benzene rings is 2. The minimum atomic E-state index is -3.18. The summed E-state index contributed by atoms with van der Waals surface area (Å²) in [6, 6.07) is 14.3. The molecule has 0 N–H and O–H groups in total. The van der Waals surface area contributed by atoms with Gasteiger partial charge in [-0.1, -0.05) is 18.2 Å². The number of likely N-dealkylation sites (tertiary alicyclic amines) is 1. The first-order valence-corrected chi connectivity index (χ1v) is 10.3. The van der Waals surface area contributed by atoms with Gasteiger partial charge in [0.1, 0.15) is 12.1 Å². The van der Waals surface area contributed by atoms with Crippen molar-refractivity contribution < 1.29 is 27.1 Å². The van der Waals surface area contributed by atoms with Gasteiger partial charge in [-0.15, -0.1) is 0 Å². The Kier molecular flexibility index (Phi) is 5.24. The number of para-hydroxylation sites is 1. The molecule has 2 aromatic carbocycles. The van der Waals surface area contributed by atoms with Crippen LogP contribution < -0.4 is 4.74 Å². The Hall–Kier alpha value is -3.88. The smallest absolute Gasteiger partial charge is 0.287 e. The Morgan fingerprint density at radius 1 is 1.15 bits per heavy atom. The lowest BCUT2D eigenvalue weighted by Crippen LogP contribution is -2.55. The highest BCUT2D eigenvalue weighted by Crippen LogP contribution is 2.33. The van der Waals surface area contributed by atoms with Crippen LogP contribution in [-0.2, 0) is 0 Å². The molecule has 4 aromatic rings. The minimum absolute atomic E-state index is 0.0322. The molecule has 0 unspecified atom stereocenters. The minimum Gasteiger partial charge on any atom is -0.466 e. The highest BCUT2D eigenvalue weighted by Gasteiger charge is 2.47. The quantitative estimate of drug-likeness (QED) is 0.437. The lowest BCUT2D eigenvalue weighted by Gasteiger charge is -2.38. The first-order valence-electron chi connectivity index (χ1n) is 10.3. The van der Waals surface area contributed by atoms with Gasteiger partial charge in [0.25, 0.3) is 11.8 Å². The number of amides is 1. The number of carbonyl (C=O) groups excluding carboxylic acids is 1. The van der Waals surface area contributed by atoms with Gasteiger partial charge in [0.15, 0.2) is 6.10 Å². The number of nitrogens with zero attached hydrogens (tertiary/aromatic N) is 3. The van der Waals surface area contributed by atoms with Crippen LogP contribution in [0.4, 0.5) is 13.2 Å². The molecule has 33 heavy (non-hydrogen) atoms. The molecule has 9 heteroatoms. The van der Waals surface area contributed by atoms with Crippen LogP contribution in [0, 0.1) is 5.82 Å². The van der Waals surface area contributed by atoms with E-state index in [1.807, 2.05) is 12.1 Å². The van der Waals surface area contributed by atoms with Crippen molar-refractivity contribution in [3.63, 3.8) is 0 Å². The van der Waals surface area contributed by atoms with Crippen LogP contribution in [0.3, 0.4) is 0 Å². The second-order valence-electron chi connectivity index (χ2n) is 7.74. The normalized spacial score (nSPS) is 17.8. The average molecular weight is 453 g/mol. The summed E-state index contributed by atoms with van der Waals surface area (Å²) in [5, 5.41) is 0.846. The number of halogens is 3. The molecule has 168 valence electrons. The number of rotatable bonds is 4. The number of ether oxygens (including phenoxy) is 1. The molecule has 6 nitrogen and oxygen atoms in total. The molecule has 1 fully saturated rings. The van der Waals surface area contributed by atoms with Gasteiger partial charge in [0.2, 0.25) is 11.8 Å². The molecule has 0 saturated carbocycles. The predicted octanol–water partition coefficient (Wildman–Crippen LogP) is 4.96. The molecule has 0 aliphatic carbocycles. The fourth-order valence-corrected chi connectivity index (χ4v) is 3.80. The van der Waals surface area contributed by atoms with E-state index in [0.717, 1.165) is 11.5 Å². The molecular formula is C24H18F3N3O3. The molecule has 0 bridgehead atoms. The van der Waals surface area contributed by atoms with E-state index >= 15 is 0 Å². The van der Waals surface area contributed by atoms with E-state index in [-0.39, 0.29) is 23.9 Å². The zero-order chi connectivity index (χ0) is 23.0. The van der Waals surface area contributed by atoms with Crippen LogP contribution in [0.2, 0.25) is 0 Å². The average Bonchev–Trinajstić information content (AvgIpc) is 3.35. The molecule has 1 amide bonds. The number of carbonyl (C=O) groups is 1. The van der Waals surface area contributed by atoms with Crippen LogP contribution in [0.5, 0.6) is 5.88 Å². The summed E-state index contributed by atoms with van der Waals surface area (Å²) in [5.41, 5.74) is 0.756. The van der Waals surface area contributed by atoms with Gasteiger partial charge in [0, 0.05) is 30.0 Å². The number of hydrogen-bond acceptors (Lipinski definition) is 5. The molecule has 3 heterocycles. The van der Waals surface area contributed by atoms with Crippen molar-refractivity contribution in [2.45, 2.75) is 18.4 Å². The van der Waals surface area contributed by atoms with Crippen molar-refractivity contribution in [1.29, 1.82) is 0 Å². The second kappa shape index (κ2) is 8.23. The van der Waals surface area contributed by atoms with Crippen LogP contribution in [-0.4, -0.2) is 45.9 Å². The Bertz CT molecular complexity index is 1310. The summed E-state index contributed by atoms with van der Waals surface area (Å²) in [6.45, 7) is -0.650. The molecule has 1 atom stereocenters. The Morgan fingerprint density at radius 3 is 2.82 bits per heavy atom. The van der Waals surface area contributed by atoms with Gasteiger partial charge in [-0.3, -0.25) is 4.79 Å². The van der Waals surface area contributed by atoms with E-state index in [2.05, 4.69) is 9.97 Å². The summed E-state index contributed by atoms with van der Waals surface area (Å²) in [5.74, 6) is -4.40. The number of piperidine rings is 1. The fraction of sp³-hybridized carbons (Fsp3) is 0.208. The first kappa shape index (κ1) is 21.0. The van der Waals surface area contributed by atoms with Gasteiger partial charge in [-0.25, -0.2) is 23.1 Å². The van der Waals surface area contributed by atoms with Crippen LogP contribution in [0.25, 0.3) is 22.4 Å². The number of pyridine rings is 1. The SMILES string of the molecule is O=C(c1cc(-c2ncco2)ccc1F)N1CCC(F)(F)[C@@H](Oc2ccc3ccccc3n2)C1. The fourth-order valence-electron chi connectivity index (χ4n) is 3.80. The van der Waals surface area contributed by atoms with Crippen molar-refractivity contribution in [3.05, 3.63) is 78.4 Å². The van der Waals surface area contributed by atoms with Gasteiger partial charge in [-0.05, 0) is 30.3 Å². The Labute approximate surface area is 186 Å². The second-order valence-corrected chi connectivity index (χ2v) is 7.74. The number of aromatic nitrogens is 2. The number of oxazole rings is 1. The summed E-state index contributed by atoms with van der Waals surface area (Å²) in [6.07, 6.45) is 0.547. The molecule has 5 rings (SSSR count). The maximum atomic E-state index is 14.7. The molecule has 1 aliphatic rings. The Balaban J connectivity index is 1.38. The van der Waals surface area contributed by atoms with E-state index in [1.165, 1.54) is 35.6 Å². The van der Waals surface area contributed by atoms with E-state index in [0.29, 0.717) is 11.1 Å². The zero-order valence-electron chi connectivity index (χ0n) is 17.2. The van der Waals surface area contributed by atoms with Gasteiger partial charge in [-0.2, -0.15) is 0 Å². The summed E-state index contributed by atoms with van der Waals surface area (Å²) >= 11 is 0. The van der Waals surface area contributed by atoms with Gasteiger partial charge >= 0.3 is 0 Å². The van der Waals surface area contributed by atoms with Gasteiger partial charge < -0.3 is 14.1 Å². The monoisotopic (exact) mass is 453 g/mol. The van der Waals surface area contributed by atoms with Crippen LogP contribution in [0.1, 0.15) is 16.8 Å². The highest BCUT2D eigenvalue weighted by atomic mass is 19.3. The maximum Gasteiger partial charge on any atom is 0.287 e. The third-order valence-electron chi connectivity index (χ3n) is 5.57. The molecule has 0 spiro atoms. The van der Waals surface area contributed by atoms with Crippen molar-refractivity contribution in [1.82, 2.24) is 14.9 Å². The standard InChI is InChI=1S/C24H18F3N3O3/c25-18-7-5-16(22-28-10-12-32-22)13-17(18)23(31)30-11-9-24(26,27)20(14-30)33-21-8-6-15-3-1-2-4-19(15)29-21/h1-8,10,12-13,20H,9,11,14H2/t20-/m0/s1. The molecule has 0 radical (unpaired) electrons. The van der Waals surface area contributed by atoms with Crippen molar-refractivity contribution in [3.8, 4) is 17.3 Å². The lowest BCUT2D eigenvalue weighted by atomic mass is 10.0. The van der Waals surface area contributed by atoms with E-state index in [1.54, 1.807) is 18.2 Å². The molecule has 2 aromatic heterocycles. The zero-order valence-corrected chi connectivity index (χ0v) is 17.2. The molecule has 1 aliphatic heterocycles. The first-order chi connectivity index (χ1) is 15.9. The van der Waals surface area contributed by atoms with Crippen LogP contribution >= 0.6 is 0 Å². The largest absolute Gasteiger partial charge is 0.466 e. The van der Waals surface area contributed by atoms with E-state index in [9.17, 15) is 18.0 Å². The maximum absolute atomic E-state index is 14.7. The van der Waals surface area contributed by atoms with Crippen molar-refractivity contribution >= 4 is 16.8 Å². The van der Waals surface area contributed by atoms with Crippen molar-refractivity contribution in [2.75, 3.05) is 13.1 Å².